The Labute approximate surface area is 208 Å². The molecule has 0 bridgehead atoms. The summed E-state index contributed by atoms with van der Waals surface area (Å²) in [5.74, 6) is -2.08. The van der Waals surface area contributed by atoms with E-state index < -0.39 is 28.0 Å². The fourth-order valence-corrected chi connectivity index (χ4v) is 4.89. The monoisotopic (exact) mass is 528 g/mol. The van der Waals surface area contributed by atoms with Crippen molar-refractivity contribution in [2.45, 2.75) is 10.3 Å². The van der Waals surface area contributed by atoms with E-state index in [0.717, 1.165) is 0 Å². The molecule has 0 radical (unpaired) electrons. The van der Waals surface area contributed by atoms with E-state index in [1.807, 2.05) is 0 Å². The highest BCUT2D eigenvalue weighted by molar-refractivity contribution is 6.53. The first-order chi connectivity index (χ1) is 15.2. The van der Waals surface area contributed by atoms with Crippen molar-refractivity contribution >= 4 is 81.2 Å². The number of hydrogen-bond donors (Lipinski definition) is 2. The number of carbonyl (C=O) groups is 2. The number of anilines is 2. The third-order valence-electron chi connectivity index (χ3n) is 4.88. The molecule has 164 valence electrons. The highest BCUT2D eigenvalue weighted by Crippen LogP contribution is 2.65. The maximum Gasteiger partial charge on any atom is 0.274 e. The van der Waals surface area contributed by atoms with Crippen LogP contribution in [0.25, 0.3) is 0 Å². The van der Waals surface area contributed by atoms with Crippen LogP contribution in [0.2, 0.25) is 15.1 Å². The molecule has 0 unspecified atom stereocenters. The van der Waals surface area contributed by atoms with Crippen molar-refractivity contribution in [1.29, 1.82) is 0 Å². The van der Waals surface area contributed by atoms with Crippen LogP contribution in [0.15, 0.2) is 55.0 Å². The summed E-state index contributed by atoms with van der Waals surface area (Å²) >= 11 is 31.1. The van der Waals surface area contributed by atoms with Gasteiger partial charge in [0.1, 0.15) is 16.4 Å². The largest absolute Gasteiger partial charge is 0.326 e. The molecule has 0 aliphatic heterocycles. The number of aromatic nitrogens is 2. The van der Waals surface area contributed by atoms with Gasteiger partial charge in [0.2, 0.25) is 5.91 Å². The number of amides is 2. The van der Waals surface area contributed by atoms with Crippen molar-refractivity contribution in [3.8, 4) is 0 Å². The van der Waals surface area contributed by atoms with Crippen LogP contribution < -0.4 is 10.6 Å². The van der Waals surface area contributed by atoms with Crippen LogP contribution in [0, 0.1) is 5.92 Å². The summed E-state index contributed by atoms with van der Waals surface area (Å²) in [6, 6.07) is 11.1. The highest BCUT2D eigenvalue weighted by Gasteiger charge is 2.67. The van der Waals surface area contributed by atoms with Gasteiger partial charge >= 0.3 is 0 Å². The maximum atomic E-state index is 12.9. The third kappa shape index (κ3) is 4.80. The van der Waals surface area contributed by atoms with Crippen LogP contribution >= 0.6 is 58.0 Å². The summed E-state index contributed by atoms with van der Waals surface area (Å²) in [5.41, 5.74) is 1.53. The smallest absolute Gasteiger partial charge is 0.274 e. The first kappa shape index (κ1) is 23.1. The van der Waals surface area contributed by atoms with E-state index in [2.05, 4.69) is 20.6 Å². The second kappa shape index (κ2) is 9.04. The topological polar surface area (TPSA) is 84.0 Å². The summed E-state index contributed by atoms with van der Waals surface area (Å²) in [5, 5.41) is 6.54. The summed E-state index contributed by atoms with van der Waals surface area (Å²) in [6.07, 6.45) is 2.71. The predicted octanol–water partition coefficient (Wildman–Crippen LogP) is 6.22. The fourth-order valence-electron chi connectivity index (χ4n) is 3.35. The Morgan fingerprint density at radius 3 is 2.31 bits per heavy atom. The first-order valence-electron chi connectivity index (χ1n) is 9.18. The van der Waals surface area contributed by atoms with Crippen molar-refractivity contribution in [2.75, 3.05) is 10.6 Å². The van der Waals surface area contributed by atoms with Crippen LogP contribution in [-0.2, 0) is 4.79 Å². The van der Waals surface area contributed by atoms with Gasteiger partial charge in [-0.15, -0.1) is 23.2 Å². The van der Waals surface area contributed by atoms with Gasteiger partial charge in [0.05, 0.1) is 16.6 Å². The molecule has 0 spiro atoms. The van der Waals surface area contributed by atoms with Gasteiger partial charge in [-0.2, -0.15) is 0 Å². The van der Waals surface area contributed by atoms with Gasteiger partial charge in [0, 0.05) is 27.8 Å². The molecule has 2 amide bonds. The SMILES string of the molecule is O=C(Nc1cc(NC(=O)[C@H]2[C@H](c3cc(Cl)cc(Cl)c3)C2(Cl)Cl)ccc1Cl)c1ccncn1. The molecule has 1 aliphatic carbocycles. The minimum atomic E-state index is -1.31. The van der Waals surface area contributed by atoms with Crippen molar-refractivity contribution in [3.63, 3.8) is 0 Å². The lowest BCUT2D eigenvalue weighted by Crippen LogP contribution is -2.18. The summed E-state index contributed by atoms with van der Waals surface area (Å²) in [4.78, 5) is 32.9. The number of alkyl halides is 2. The van der Waals surface area contributed by atoms with Crippen molar-refractivity contribution in [1.82, 2.24) is 9.97 Å². The highest BCUT2D eigenvalue weighted by atomic mass is 35.5. The van der Waals surface area contributed by atoms with Crippen molar-refractivity contribution < 1.29 is 9.59 Å². The number of rotatable bonds is 5. The minimum Gasteiger partial charge on any atom is -0.326 e. The molecular formula is C21H13Cl5N4O2. The number of nitrogens with one attached hydrogen (secondary N) is 2. The lowest BCUT2D eigenvalue weighted by molar-refractivity contribution is -0.117. The second-order valence-electron chi connectivity index (χ2n) is 7.07. The van der Waals surface area contributed by atoms with Crippen molar-refractivity contribution in [3.05, 3.63) is 81.3 Å². The molecule has 1 heterocycles. The molecule has 1 aromatic heterocycles. The number of halogens is 5. The second-order valence-corrected chi connectivity index (χ2v) is 9.79. The van der Waals surface area contributed by atoms with Crippen LogP contribution in [0.3, 0.4) is 0 Å². The molecule has 11 heteroatoms. The number of benzene rings is 2. The van der Waals surface area contributed by atoms with Crippen LogP contribution in [0.4, 0.5) is 11.4 Å². The molecule has 1 saturated carbocycles. The van der Waals surface area contributed by atoms with Crippen LogP contribution in [0.5, 0.6) is 0 Å². The Morgan fingerprint density at radius 2 is 1.66 bits per heavy atom. The van der Waals surface area contributed by atoms with E-state index in [0.29, 0.717) is 27.0 Å². The molecule has 0 saturated heterocycles. The van der Waals surface area contributed by atoms with E-state index in [-0.39, 0.29) is 10.7 Å². The standard InChI is InChI=1S/C21H13Cl5N4O2/c22-11-5-10(6-12(23)7-11)17-18(21(17,25)26)20(32)29-13-1-2-14(24)16(8-13)30-19(31)15-3-4-27-9-28-15/h1-9,17-18H,(H,29,32)(H,30,31)/t17-,18+/m0/s1. The first-order valence-corrected chi connectivity index (χ1v) is 11.1. The van der Waals surface area contributed by atoms with Gasteiger partial charge in [0.15, 0.2) is 0 Å². The third-order valence-corrected chi connectivity index (χ3v) is 6.58. The van der Waals surface area contributed by atoms with E-state index in [1.54, 1.807) is 30.3 Å². The molecule has 1 aliphatic rings. The van der Waals surface area contributed by atoms with Gasteiger partial charge < -0.3 is 10.6 Å². The molecule has 2 N–H and O–H groups in total. The fraction of sp³-hybridized carbons (Fsp3) is 0.143. The normalized spacial score (nSPS) is 18.7. The Balaban J connectivity index is 1.50. The Bertz CT molecular complexity index is 1190. The van der Waals surface area contributed by atoms with Gasteiger partial charge in [-0.05, 0) is 48.0 Å². The molecule has 2 aromatic carbocycles. The Hall–Kier alpha value is -2.09. The number of carbonyl (C=O) groups excluding carboxylic acids is 2. The molecule has 1 fully saturated rings. The lowest BCUT2D eigenvalue weighted by atomic mass is 10.1. The average Bonchev–Trinajstić information content (AvgIpc) is 3.32. The van der Waals surface area contributed by atoms with Gasteiger partial charge in [0.25, 0.3) is 5.91 Å². The van der Waals surface area contributed by atoms with Crippen LogP contribution in [-0.4, -0.2) is 26.1 Å². The van der Waals surface area contributed by atoms with E-state index >= 15 is 0 Å². The maximum absolute atomic E-state index is 12.9. The molecule has 3 aromatic rings. The van der Waals surface area contributed by atoms with Gasteiger partial charge in [-0.3, -0.25) is 9.59 Å². The quantitative estimate of drug-likeness (QED) is 0.384. The van der Waals surface area contributed by atoms with Gasteiger partial charge in [-0.1, -0.05) is 34.8 Å². The average molecular weight is 531 g/mol. The van der Waals surface area contributed by atoms with E-state index in [1.165, 1.54) is 24.7 Å². The summed E-state index contributed by atoms with van der Waals surface area (Å²) in [7, 11) is 0. The minimum absolute atomic E-state index is 0.167. The lowest BCUT2D eigenvalue weighted by Gasteiger charge is -2.10. The van der Waals surface area contributed by atoms with E-state index in [9.17, 15) is 9.59 Å². The Kier molecular flexibility index (Phi) is 6.52. The predicted molar refractivity (Wildman–Crippen MR) is 127 cm³/mol. The van der Waals surface area contributed by atoms with Crippen LogP contribution in [0.1, 0.15) is 22.0 Å². The van der Waals surface area contributed by atoms with Crippen molar-refractivity contribution in [2.24, 2.45) is 5.92 Å². The molecule has 4 rings (SSSR count). The zero-order chi connectivity index (χ0) is 23.0. The molecule has 6 nitrogen and oxygen atoms in total. The van der Waals surface area contributed by atoms with Gasteiger partial charge in [-0.25, -0.2) is 9.97 Å². The summed E-state index contributed by atoms with van der Waals surface area (Å²) in [6.45, 7) is 0. The zero-order valence-corrected chi connectivity index (χ0v) is 19.7. The number of hydrogen-bond acceptors (Lipinski definition) is 4. The van der Waals surface area contributed by atoms with E-state index in [4.69, 9.17) is 58.0 Å². The zero-order valence-electron chi connectivity index (χ0n) is 16.0. The molecule has 32 heavy (non-hydrogen) atoms. The number of nitrogens with zero attached hydrogens (tertiary/aromatic N) is 2. The molecular weight excluding hydrogens is 518 g/mol. The molecule has 2 atom stereocenters. The summed E-state index contributed by atoms with van der Waals surface area (Å²) < 4.78 is -1.31. The Morgan fingerprint density at radius 1 is 0.938 bits per heavy atom.